The largest absolute Gasteiger partial charge is 0.376 e. The predicted molar refractivity (Wildman–Crippen MR) is 69.0 cm³/mol. The Morgan fingerprint density at radius 2 is 2.00 bits per heavy atom. The van der Waals surface area contributed by atoms with Gasteiger partial charge in [0.2, 0.25) is 0 Å². The van der Waals surface area contributed by atoms with Gasteiger partial charge in [-0.05, 0) is 49.4 Å². The molecule has 1 N–H and O–H groups in total. The second-order valence-corrected chi connectivity index (χ2v) is 5.34. The summed E-state index contributed by atoms with van der Waals surface area (Å²) in [6.07, 6.45) is 3.97. The van der Waals surface area contributed by atoms with Crippen LogP contribution in [0.1, 0.15) is 36.3 Å². The lowest BCUT2D eigenvalue weighted by atomic mass is 9.82. The van der Waals surface area contributed by atoms with E-state index in [2.05, 4.69) is 29.6 Å². The van der Waals surface area contributed by atoms with Gasteiger partial charge in [0.25, 0.3) is 0 Å². The van der Waals surface area contributed by atoms with Crippen LogP contribution in [0.25, 0.3) is 0 Å². The van der Waals surface area contributed by atoms with E-state index in [1.54, 1.807) is 0 Å². The smallest absolute Gasteiger partial charge is 0.0719 e. The molecule has 1 fully saturated rings. The maximum absolute atomic E-state index is 5.73. The summed E-state index contributed by atoms with van der Waals surface area (Å²) in [5, 5.41) is 3.44. The molecule has 0 amide bonds. The molecule has 1 aromatic carbocycles. The van der Waals surface area contributed by atoms with E-state index in [-0.39, 0.29) is 0 Å². The van der Waals surface area contributed by atoms with E-state index < -0.39 is 0 Å². The number of hydrogen-bond donors (Lipinski definition) is 1. The van der Waals surface area contributed by atoms with E-state index in [1.807, 2.05) is 0 Å². The summed E-state index contributed by atoms with van der Waals surface area (Å²) in [7, 11) is 0. The molecule has 1 aromatic rings. The lowest BCUT2D eigenvalue weighted by Gasteiger charge is -2.31. The number of piperidine rings is 1. The van der Waals surface area contributed by atoms with Crippen LogP contribution < -0.4 is 5.32 Å². The number of ether oxygens (including phenoxy) is 1. The maximum Gasteiger partial charge on any atom is 0.0719 e. The van der Waals surface area contributed by atoms with E-state index in [0.29, 0.717) is 5.92 Å². The zero-order valence-corrected chi connectivity index (χ0v) is 10.3. The number of benzene rings is 1. The molecule has 92 valence electrons. The van der Waals surface area contributed by atoms with Crippen LogP contribution in [0.3, 0.4) is 0 Å². The average Bonchev–Trinajstić information content (AvgIpc) is 2.40. The van der Waals surface area contributed by atoms with Gasteiger partial charge in [-0.2, -0.15) is 0 Å². The molecule has 17 heavy (non-hydrogen) atoms. The van der Waals surface area contributed by atoms with Crippen LogP contribution in [0.15, 0.2) is 24.3 Å². The minimum absolute atomic E-state index is 0.628. The molecule has 2 nitrogen and oxygen atoms in total. The molecule has 2 heteroatoms. The number of hydrogen-bond acceptors (Lipinski definition) is 2. The summed E-state index contributed by atoms with van der Waals surface area (Å²) < 4.78 is 5.73. The predicted octanol–water partition coefficient (Wildman–Crippen LogP) is 2.69. The first-order chi connectivity index (χ1) is 8.43. The monoisotopic (exact) mass is 231 g/mol. The summed E-state index contributed by atoms with van der Waals surface area (Å²) in [6.45, 7) is 4.11. The number of nitrogens with one attached hydrogen (secondary N) is 1. The van der Waals surface area contributed by atoms with Gasteiger partial charge in [-0.25, -0.2) is 0 Å². The zero-order chi connectivity index (χ0) is 11.5. The van der Waals surface area contributed by atoms with Crippen LogP contribution >= 0.6 is 0 Å². The second kappa shape index (κ2) is 5.19. The highest BCUT2D eigenvalue weighted by molar-refractivity contribution is 5.31. The standard InChI is InChI=1S/C15H21NO/c1-2-4-15-13(3-1)10-17-11-14(15)9-12-5-7-16-8-6-12/h1-4,12,14,16H,5-11H2. The third-order valence-corrected chi connectivity index (χ3v) is 4.15. The first-order valence-corrected chi connectivity index (χ1v) is 6.80. The van der Waals surface area contributed by atoms with Crippen molar-refractivity contribution in [1.29, 1.82) is 0 Å². The Bertz CT molecular complexity index is 371. The molecule has 1 unspecified atom stereocenters. The van der Waals surface area contributed by atoms with E-state index in [4.69, 9.17) is 4.74 Å². The van der Waals surface area contributed by atoms with Crippen molar-refractivity contribution >= 4 is 0 Å². The summed E-state index contributed by atoms with van der Waals surface area (Å²) >= 11 is 0. The van der Waals surface area contributed by atoms with E-state index in [0.717, 1.165) is 19.1 Å². The van der Waals surface area contributed by atoms with Crippen molar-refractivity contribution in [2.24, 2.45) is 5.92 Å². The van der Waals surface area contributed by atoms with Crippen LogP contribution in [0.2, 0.25) is 0 Å². The summed E-state index contributed by atoms with van der Waals surface area (Å²) in [5.74, 6) is 1.51. The van der Waals surface area contributed by atoms with E-state index in [9.17, 15) is 0 Å². The minimum Gasteiger partial charge on any atom is -0.376 e. The fraction of sp³-hybridized carbons (Fsp3) is 0.600. The molecule has 0 bridgehead atoms. The van der Waals surface area contributed by atoms with Crippen LogP contribution in [0.5, 0.6) is 0 Å². The molecule has 1 saturated heterocycles. The Morgan fingerprint density at radius 3 is 2.88 bits per heavy atom. The minimum atomic E-state index is 0.628. The first kappa shape index (κ1) is 11.2. The molecule has 0 aliphatic carbocycles. The van der Waals surface area contributed by atoms with Crippen molar-refractivity contribution in [3.63, 3.8) is 0 Å². The van der Waals surface area contributed by atoms with Gasteiger partial charge in [-0.15, -0.1) is 0 Å². The third kappa shape index (κ3) is 2.53. The summed E-state index contributed by atoms with van der Waals surface area (Å²) in [6, 6.07) is 8.79. The maximum atomic E-state index is 5.73. The van der Waals surface area contributed by atoms with Crippen molar-refractivity contribution < 1.29 is 4.74 Å². The zero-order valence-electron chi connectivity index (χ0n) is 10.3. The highest BCUT2D eigenvalue weighted by Crippen LogP contribution is 2.33. The van der Waals surface area contributed by atoms with Crippen molar-refractivity contribution in [2.45, 2.75) is 31.8 Å². The van der Waals surface area contributed by atoms with Gasteiger partial charge in [0.05, 0.1) is 13.2 Å². The van der Waals surface area contributed by atoms with Gasteiger partial charge in [-0.1, -0.05) is 24.3 Å². The molecule has 3 rings (SSSR count). The van der Waals surface area contributed by atoms with E-state index in [1.165, 1.54) is 43.5 Å². The van der Waals surface area contributed by atoms with Crippen LogP contribution in [0, 0.1) is 5.92 Å². The normalized spacial score (nSPS) is 25.5. The summed E-state index contributed by atoms with van der Waals surface area (Å²) in [5.41, 5.74) is 2.94. The molecule has 2 aliphatic rings. The van der Waals surface area contributed by atoms with Gasteiger partial charge in [0.15, 0.2) is 0 Å². The lowest BCUT2D eigenvalue weighted by molar-refractivity contribution is 0.0823. The number of fused-ring (bicyclic) bond motifs is 1. The number of rotatable bonds is 2. The topological polar surface area (TPSA) is 21.3 Å². The van der Waals surface area contributed by atoms with Gasteiger partial charge in [0, 0.05) is 5.92 Å². The Balaban J connectivity index is 1.71. The second-order valence-electron chi connectivity index (χ2n) is 5.34. The van der Waals surface area contributed by atoms with Gasteiger partial charge >= 0.3 is 0 Å². The molecular formula is C15H21NO. The van der Waals surface area contributed by atoms with E-state index >= 15 is 0 Å². The van der Waals surface area contributed by atoms with Crippen molar-refractivity contribution in [2.75, 3.05) is 19.7 Å². The van der Waals surface area contributed by atoms with Gasteiger partial charge in [-0.3, -0.25) is 0 Å². The molecule has 2 aliphatic heterocycles. The highest BCUT2D eigenvalue weighted by Gasteiger charge is 2.24. The quantitative estimate of drug-likeness (QED) is 0.845. The highest BCUT2D eigenvalue weighted by atomic mass is 16.5. The molecule has 1 atom stereocenters. The van der Waals surface area contributed by atoms with Crippen LogP contribution in [-0.2, 0) is 11.3 Å². The van der Waals surface area contributed by atoms with Crippen LogP contribution in [-0.4, -0.2) is 19.7 Å². The lowest BCUT2D eigenvalue weighted by Crippen LogP contribution is -2.29. The molecule has 0 aromatic heterocycles. The van der Waals surface area contributed by atoms with Gasteiger partial charge in [0.1, 0.15) is 0 Å². The fourth-order valence-corrected chi connectivity index (χ4v) is 3.18. The molecule has 2 heterocycles. The molecule has 0 saturated carbocycles. The Hall–Kier alpha value is -0.860. The molecule has 0 radical (unpaired) electrons. The van der Waals surface area contributed by atoms with Crippen molar-refractivity contribution in [3.05, 3.63) is 35.4 Å². The third-order valence-electron chi connectivity index (χ3n) is 4.15. The Kier molecular flexibility index (Phi) is 3.44. The average molecular weight is 231 g/mol. The van der Waals surface area contributed by atoms with Crippen molar-refractivity contribution in [1.82, 2.24) is 5.32 Å². The summed E-state index contributed by atoms with van der Waals surface area (Å²) in [4.78, 5) is 0. The van der Waals surface area contributed by atoms with Crippen molar-refractivity contribution in [3.8, 4) is 0 Å². The SMILES string of the molecule is c1ccc2c(c1)COCC2CC1CCNCC1. The van der Waals surface area contributed by atoms with Crippen LogP contribution in [0.4, 0.5) is 0 Å². The Morgan fingerprint density at radius 1 is 1.18 bits per heavy atom. The first-order valence-electron chi connectivity index (χ1n) is 6.80. The fourth-order valence-electron chi connectivity index (χ4n) is 3.18. The Labute approximate surface area is 103 Å². The molecule has 0 spiro atoms. The molecular weight excluding hydrogens is 210 g/mol. The van der Waals surface area contributed by atoms with Gasteiger partial charge < -0.3 is 10.1 Å².